The van der Waals surface area contributed by atoms with Gasteiger partial charge in [-0.2, -0.15) is 0 Å². The average molecular weight is 397 g/mol. The molecule has 148 valence electrons. The Labute approximate surface area is 165 Å². The predicted octanol–water partition coefficient (Wildman–Crippen LogP) is 4.18. The van der Waals surface area contributed by atoms with Gasteiger partial charge in [-0.3, -0.25) is 9.59 Å². The summed E-state index contributed by atoms with van der Waals surface area (Å²) in [4.78, 5) is 28.8. The number of hydrogen-bond donors (Lipinski definition) is 2. The predicted molar refractivity (Wildman–Crippen MR) is 104 cm³/mol. The molecule has 2 N–H and O–H groups in total. The summed E-state index contributed by atoms with van der Waals surface area (Å²) in [6.07, 6.45) is 1.44. The maximum Gasteiger partial charge on any atom is 0.258 e. The van der Waals surface area contributed by atoms with Crippen molar-refractivity contribution in [2.45, 2.75) is 6.92 Å². The number of halogens is 2. The standard InChI is InChI=1S/C21H17F2N3O3/c1-12-3-4-13(20(27)25-15-6-8-19(29-2)24-11-15)9-18(12)26-21(28)16-10-14(22)5-7-17(16)23/h3-11H,1-2H3,(H,25,27)(H,26,28). The van der Waals surface area contributed by atoms with E-state index in [9.17, 15) is 18.4 Å². The van der Waals surface area contributed by atoms with Gasteiger partial charge in [0.25, 0.3) is 11.8 Å². The van der Waals surface area contributed by atoms with Gasteiger partial charge in [-0.1, -0.05) is 6.07 Å². The Kier molecular flexibility index (Phi) is 5.82. The lowest BCUT2D eigenvalue weighted by molar-refractivity contribution is 0.101. The molecule has 0 aliphatic heterocycles. The molecule has 0 radical (unpaired) electrons. The zero-order chi connectivity index (χ0) is 21.0. The minimum absolute atomic E-state index is 0.265. The first kappa shape index (κ1) is 19.9. The van der Waals surface area contributed by atoms with E-state index in [4.69, 9.17) is 4.74 Å². The van der Waals surface area contributed by atoms with E-state index >= 15 is 0 Å². The van der Waals surface area contributed by atoms with Crippen molar-refractivity contribution in [3.05, 3.63) is 83.1 Å². The Hall–Kier alpha value is -3.81. The molecule has 3 aromatic rings. The number of rotatable bonds is 5. The van der Waals surface area contributed by atoms with E-state index in [-0.39, 0.29) is 5.56 Å². The zero-order valence-corrected chi connectivity index (χ0v) is 15.6. The van der Waals surface area contributed by atoms with Crippen molar-refractivity contribution < 1.29 is 23.1 Å². The van der Waals surface area contributed by atoms with Crippen molar-refractivity contribution >= 4 is 23.2 Å². The highest BCUT2D eigenvalue weighted by atomic mass is 19.1. The van der Waals surface area contributed by atoms with E-state index in [1.54, 1.807) is 31.2 Å². The average Bonchev–Trinajstić information content (AvgIpc) is 2.71. The maximum absolute atomic E-state index is 13.8. The van der Waals surface area contributed by atoms with Crippen molar-refractivity contribution in [3.63, 3.8) is 0 Å². The number of anilines is 2. The van der Waals surface area contributed by atoms with Gasteiger partial charge in [-0.05, 0) is 48.9 Å². The van der Waals surface area contributed by atoms with Crippen molar-refractivity contribution in [1.82, 2.24) is 4.98 Å². The third-order valence-corrected chi connectivity index (χ3v) is 4.12. The van der Waals surface area contributed by atoms with E-state index in [0.717, 1.165) is 18.2 Å². The molecular formula is C21H17F2N3O3. The summed E-state index contributed by atoms with van der Waals surface area (Å²) in [5.74, 6) is -2.41. The molecule has 0 bridgehead atoms. The number of carbonyl (C=O) groups is 2. The summed E-state index contributed by atoms with van der Waals surface area (Å²) in [6, 6.07) is 10.5. The monoisotopic (exact) mass is 397 g/mol. The van der Waals surface area contributed by atoms with Gasteiger partial charge in [0.1, 0.15) is 11.6 Å². The minimum Gasteiger partial charge on any atom is -0.481 e. The topological polar surface area (TPSA) is 80.3 Å². The first-order valence-electron chi connectivity index (χ1n) is 8.56. The first-order chi connectivity index (χ1) is 13.9. The number of ether oxygens (including phenoxy) is 1. The normalized spacial score (nSPS) is 10.3. The summed E-state index contributed by atoms with van der Waals surface area (Å²) in [5, 5.41) is 5.19. The van der Waals surface area contributed by atoms with Crippen LogP contribution in [0.3, 0.4) is 0 Å². The Morgan fingerprint density at radius 1 is 0.966 bits per heavy atom. The van der Waals surface area contributed by atoms with Gasteiger partial charge in [0, 0.05) is 17.3 Å². The number of benzene rings is 2. The molecule has 2 amide bonds. The van der Waals surface area contributed by atoms with Gasteiger partial charge in [-0.25, -0.2) is 13.8 Å². The van der Waals surface area contributed by atoms with Crippen LogP contribution in [0.5, 0.6) is 5.88 Å². The van der Waals surface area contributed by atoms with Crippen LogP contribution in [-0.2, 0) is 0 Å². The zero-order valence-electron chi connectivity index (χ0n) is 15.6. The van der Waals surface area contributed by atoms with Crippen LogP contribution in [0.25, 0.3) is 0 Å². The van der Waals surface area contributed by atoms with Gasteiger partial charge < -0.3 is 15.4 Å². The molecule has 1 heterocycles. The number of nitrogens with one attached hydrogen (secondary N) is 2. The SMILES string of the molecule is COc1ccc(NC(=O)c2ccc(C)c(NC(=O)c3cc(F)ccc3F)c2)cn1. The Balaban J connectivity index is 1.79. The number of aryl methyl sites for hydroxylation is 1. The summed E-state index contributed by atoms with van der Waals surface area (Å²) in [5.41, 5.74) is 1.26. The number of nitrogens with zero attached hydrogens (tertiary/aromatic N) is 1. The van der Waals surface area contributed by atoms with Gasteiger partial charge in [0.05, 0.1) is 24.6 Å². The Morgan fingerprint density at radius 3 is 2.45 bits per heavy atom. The second kappa shape index (κ2) is 8.47. The molecule has 0 saturated heterocycles. The van der Waals surface area contributed by atoms with E-state index < -0.39 is 29.0 Å². The molecule has 1 aromatic heterocycles. The fourth-order valence-corrected chi connectivity index (χ4v) is 2.54. The lowest BCUT2D eigenvalue weighted by Gasteiger charge is -2.12. The molecule has 0 fully saturated rings. The number of amides is 2. The molecule has 6 nitrogen and oxygen atoms in total. The number of methoxy groups -OCH3 is 1. The van der Waals surface area contributed by atoms with Crippen molar-refractivity contribution in [2.24, 2.45) is 0 Å². The number of aromatic nitrogens is 1. The summed E-state index contributed by atoms with van der Waals surface area (Å²) >= 11 is 0. The van der Waals surface area contributed by atoms with Crippen LogP contribution in [0.15, 0.2) is 54.7 Å². The van der Waals surface area contributed by atoms with Crippen LogP contribution in [0.1, 0.15) is 26.3 Å². The molecule has 0 atom stereocenters. The molecule has 0 unspecified atom stereocenters. The van der Waals surface area contributed by atoms with Gasteiger partial charge in [-0.15, -0.1) is 0 Å². The Bertz CT molecular complexity index is 1070. The second-order valence-electron chi connectivity index (χ2n) is 6.15. The second-order valence-corrected chi connectivity index (χ2v) is 6.15. The molecule has 29 heavy (non-hydrogen) atoms. The molecule has 0 aliphatic rings. The molecule has 2 aromatic carbocycles. The van der Waals surface area contributed by atoms with E-state index in [0.29, 0.717) is 22.8 Å². The van der Waals surface area contributed by atoms with Gasteiger partial charge >= 0.3 is 0 Å². The minimum atomic E-state index is -0.845. The summed E-state index contributed by atoms with van der Waals surface area (Å²) < 4.78 is 32.1. The fraction of sp³-hybridized carbons (Fsp3) is 0.0952. The van der Waals surface area contributed by atoms with Crippen molar-refractivity contribution in [3.8, 4) is 5.88 Å². The highest BCUT2D eigenvalue weighted by Crippen LogP contribution is 2.20. The van der Waals surface area contributed by atoms with Crippen LogP contribution in [-0.4, -0.2) is 23.9 Å². The number of carbonyl (C=O) groups excluding carboxylic acids is 2. The lowest BCUT2D eigenvalue weighted by Crippen LogP contribution is -2.17. The number of pyridine rings is 1. The van der Waals surface area contributed by atoms with Gasteiger partial charge in [0.15, 0.2) is 0 Å². The van der Waals surface area contributed by atoms with Crippen molar-refractivity contribution in [2.75, 3.05) is 17.7 Å². The lowest BCUT2D eigenvalue weighted by atomic mass is 10.1. The quantitative estimate of drug-likeness (QED) is 0.677. The van der Waals surface area contributed by atoms with Crippen LogP contribution >= 0.6 is 0 Å². The van der Waals surface area contributed by atoms with Crippen molar-refractivity contribution in [1.29, 1.82) is 0 Å². The first-order valence-corrected chi connectivity index (χ1v) is 8.56. The Morgan fingerprint density at radius 2 is 1.76 bits per heavy atom. The summed E-state index contributed by atoms with van der Waals surface area (Å²) in [7, 11) is 1.48. The molecule has 8 heteroatoms. The van der Waals surface area contributed by atoms with Crippen LogP contribution in [0, 0.1) is 18.6 Å². The van der Waals surface area contributed by atoms with Crippen LogP contribution < -0.4 is 15.4 Å². The largest absolute Gasteiger partial charge is 0.481 e. The summed E-state index contributed by atoms with van der Waals surface area (Å²) in [6.45, 7) is 1.71. The molecule has 0 aliphatic carbocycles. The molecule has 0 spiro atoms. The third kappa shape index (κ3) is 4.73. The molecule has 3 rings (SSSR count). The van der Waals surface area contributed by atoms with E-state index in [1.807, 2.05) is 0 Å². The smallest absolute Gasteiger partial charge is 0.258 e. The van der Waals surface area contributed by atoms with Gasteiger partial charge in [0.2, 0.25) is 5.88 Å². The highest BCUT2D eigenvalue weighted by molar-refractivity contribution is 6.07. The molecular weight excluding hydrogens is 380 g/mol. The van der Waals surface area contributed by atoms with E-state index in [1.165, 1.54) is 19.4 Å². The maximum atomic E-state index is 13.8. The highest BCUT2D eigenvalue weighted by Gasteiger charge is 2.15. The number of hydrogen-bond acceptors (Lipinski definition) is 4. The fourth-order valence-electron chi connectivity index (χ4n) is 2.54. The van der Waals surface area contributed by atoms with Crippen LogP contribution in [0.4, 0.5) is 20.2 Å². The van der Waals surface area contributed by atoms with E-state index in [2.05, 4.69) is 15.6 Å². The molecule has 0 saturated carbocycles. The third-order valence-electron chi connectivity index (χ3n) is 4.12. The van der Waals surface area contributed by atoms with Crippen LogP contribution in [0.2, 0.25) is 0 Å².